The molecule has 0 aliphatic carbocycles. The molecule has 1 saturated heterocycles. The molecule has 0 spiro atoms. The molecule has 4 heterocycles. The lowest BCUT2D eigenvalue weighted by molar-refractivity contribution is -0.992. The number of carbonyl (C=O) groups excluding carboxylic acids is 1. The van der Waals surface area contributed by atoms with Crippen LogP contribution in [-0.4, -0.2) is 53.9 Å². The predicted molar refractivity (Wildman–Crippen MR) is 107 cm³/mol. The highest BCUT2D eigenvalue weighted by Crippen LogP contribution is 2.35. The summed E-state index contributed by atoms with van der Waals surface area (Å²) in [6.45, 7) is 2.01. The van der Waals surface area contributed by atoms with Gasteiger partial charge in [-0.1, -0.05) is 12.1 Å². The molecular weight excluding hydrogens is 402 g/mol. The minimum atomic E-state index is -1.21. The van der Waals surface area contributed by atoms with Gasteiger partial charge in [0.15, 0.2) is 0 Å². The van der Waals surface area contributed by atoms with Crippen LogP contribution in [0.2, 0.25) is 0 Å². The van der Waals surface area contributed by atoms with Crippen LogP contribution in [0.4, 0.5) is 5.69 Å². The molecule has 11 nitrogen and oxygen atoms in total. The quantitative estimate of drug-likeness (QED) is 0.543. The summed E-state index contributed by atoms with van der Waals surface area (Å²) in [4.78, 5) is 27.5. The molecule has 2 aliphatic heterocycles. The molecule has 1 aromatic carbocycles. The number of nitrogens with zero attached hydrogens (tertiary/aromatic N) is 6. The van der Waals surface area contributed by atoms with Crippen molar-refractivity contribution in [3.63, 3.8) is 0 Å². The van der Waals surface area contributed by atoms with Crippen LogP contribution in [0.5, 0.6) is 0 Å². The number of pyridine rings is 1. The molecule has 2 aromatic heterocycles. The molecule has 160 valence electrons. The number of rotatable bonds is 4. The minimum Gasteiger partial charge on any atom is -0.595 e. The van der Waals surface area contributed by atoms with E-state index in [1.807, 2.05) is 29.2 Å². The van der Waals surface area contributed by atoms with E-state index in [4.69, 9.17) is 0 Å². The molecule has 2 bridgehead atoms. The van der Waals surface area contributed by atoms with Gasteiger partial charge in [0.25, 0.3) is 5.91 Å². The average Bonchev–Trinajstić information content (AvgIpc) is 3.27. The maximum absolute atomic E-state index is 13.1. The normalized spacial score (nSPS) is 20.9. The van der Waals surface area contributed by atoms with Gasteiger partial charge in [-0.05, 0) is 46.5 Å². The van der Waals surface area contributed by atoms with Gasteiger partial charge in [0, 0.05) is 42.9 Å². The Hall–Kier alpha value is -3.41. The van der Waals surface area contributed by atoms with E-state index in [9.17, 15) is 20.0 Å². The number of quaternary nitrogens is 1. The molecule has 3 unspecified atom stereocenters. The van der Waals surface area contributed by atoms with E-state index in [-0.39, 0.29) is 23.4 Å². The van der Waals surface area contributed by atoms with Crippen LogP contribution in [-0.2, 0) is 13.1 Å². The highest BCUT2D eigenvalue weighted by Gasteiger charge is 2.37. The standard InChI is InChI=1S/C20H21N7O4/c28-19(15-3-1-13(2-4-15)9-25-12-21-22-23-25)24-8-14-7-16(11-24)17-5-6-18(27(30)31)20(29)26(17)10-14/h1-6,12,14,16,27,30H,7-11H2. The van der Waals surface area contributed by atoms with Gasteiger partial charge in [-0.25, -0.2) is 9.89 Å². The molecule has 3 aromatic rings. The summed E-state index contributed by atoms with van der Waals surface area (Å²) in [5, 5.41) is 30.4. The first-order chi connectivity index (χ1) is 15.0. The Bertz CT molecular complexity index is 1160. The number of hydrogen-bond donors (Lipinski definition) is 2. The fourth-order valence-corrected chi connectivity index (χ4v) is 4.65. The number of benzene rings is 1. The van der Waals surface area contributed by atoms with Gasteiger partial charge in [-0.3, -0.25) is 9.59 Å². The highest BCUT2D eigenvalue weighted by molar-refractivity contribution is 5.94. The number of likely N-dealkylation sites (tertiary alicyclic amines) is 1. The lowest BCUT2D eigenvalue weighted by Gasteiger charge is -2.42. The predicted octanol–water partition coefficient (Wildman–Crippen LogP) is -0.454. The molecule has 5 rings (SSSR count). The van der Waals surface area contributed by atoms with Crippen molar-refractivity contribution in [1.82, 2.24) is 29.7 Å². The van der Waals surface area contributed by atoms with E-state index >= 15 is 0 Å². The zero-order valence-electron chi connectivity index (χ0n) is 16.6. The molecule has 0 radical (unpaired) electrons. The van der Waals surface area contributed by atoms with E-state index in [0.29, 0.717) is 31.7 Å². The zero-order chi connectivity index (χ0) is 21.5. The number of amides is 1. The van der Waals surface area contributed by atoms with Gasteiger partial charge in [-0.2, -0.15) is 5.23 Å². The van der Waals surface area contributed by atoms with Crippen molar-refractivity contribution in [3.05, 3.63) is 75.1 Å². The van der Waals surface area contributed by atoms with E-state index in [0.717, 1.165) is 17.7 Å². The first-order valence-corrected chi connectivity index (χ1v) is 10.1. The first-order valence-electron chi connectivity index (χ1n) is 10.1. The van der Waals surface area contributed by atoms with Crippen molar-refractivity contribution in [1.29, 1.82) is 0 Å². The maximum Gasteiger partial charge on any atom is 0.315 e. The minimum absolute atomic E-state index is 0.0195. The smallest absolute Gasteiger partial charge is 0.315 e. The largest absolute Gasteiger partial charge is 0.595 e. The monoisotopic (exact) mass is 423 g/mol. The second-order valence-electron chi connectivity index (χ2n) is 8.11. The topological polar surface area (TPSA) is 134 Å². The third-order valence-electron chi connectivity index (χ3n) is 6.06. The molecule has 2 N–H and O–H groups in total. The van der Waals surface area contributed by atoms with Crippen molar-refractivity contribution in [2.45, 2.75) is 25.4 Å². The second kappa shape index (κ2) is 7.69. The lowest BCUT2D eigenvalue weighted by Crippen LogP contribution is -3.00. The van der Waals surface area contributed by atoms with Crippen LogP contribution in [0.1, 0.15) is 34.0 Å². The summed E-state index contributed by atoms with van der Waals surface area (Å²) in [5.74, 6) is 0.101. The summed E-state index contributed by atoms with van der Waals surface area (Å²) >= 11 is 0. The van der Waals surface area contributed by atoms with Crippen LogP contribution in [0.15, 0.2) is 47.5 Å². The SMILES string of the molecule is O=C(c1ccc(Cn2cnnn2)cc1)N1CC2CC(C1)c1ccc([NH+]([O-])O)c(=O)n1C2. The van der Waals surface area contributed by atoms with Crippen LogP contribution in [0.3, 0.4) is 0 Å². The van der Waals surface area contributed by atoms with Crippen molar-refractivity contribution < 1.29 is 15.2 Å². The van der Waals surface area contributed by atoms with Gasteiger partial charge >= 0.3 is 5.56 Å². The number of carbonyl (C=O) groups is 1. The number of nitrogens with one attached hydrogen (secondary N) is 1. The summed E-state index contributed by atoms with van der Waals surface area (Å²) in [6, 6.07) is 10.5. The second-order valence-corrected chi connectivity index (χ2v) is 8.11. The average molecular weight is 423 g/mol. The van der Waals surface area contributed by atoms with Gasteiger partial charge in [-0.15, -0.1) is 5.10 Å². The lowest BCUT2D eigenvalue weighted by atomic mass is 9.83. The Labute approximate surface area is 176 Å². The van der Waals surface area contributed by atoms with Gasteiger partial charge < -0.3 is 14.7 Å². The third-order valence-corrected chi connectivity index (χ3v) is 6.06. The maximum atomic E-state index is 13.1. The molecule has 3 atom stereocenters. The summed E-state index contributed by atoms with van der Waals surface area (Å²) in [5.41, 5.74) is 1.73. The highest BCUT2D eigenvalue weighted by atomic mass is 16.8. The molecule has 2 aliphatic rings. The van der Waals surface area contributed by atoms with E-state index in [1.54, 1.807) is 15.3 Å². The fourth-order valence-electron chi connectivity index (χ4n) is 4.65. The van der Waals surface area contributed by atoms with Crippen LogP contribution in [0, 0.1) is 11.1 Å². The van der Waals surface area contributed by atoms with Crippen LogP contribution >= 0.6 is 0 Å². The number of piperidine rings is 1. The van der Waals surface area contributed by atoms with Crippen molar-refractivity contribution in [2.75, 3.05) is 13.1 Å². The van der Waals surface area contributed by atoms with Crippen molar-refractivity contribution in [2.24, 2.45) is 5.92 Å². The summed E-state index contributed by atoms with van der Waals surface area (Å²) in [6.07, 6.45) is 2.43. The Balaban J connectivity index is 1.34. The van der Waals surface area contributed by atoms with Crippen LogP contribution in [0.25, 0.3) is 0 Å². The van der Waals surface area contributed by atoms with Crippen molar-refractivity contribution in [3.8, 4) is 0 Å². The Morgan fingerprint density at radius 3 is 2.68 bits per heavy atom. The van der Waals surface area contributed by atoms with Gasteiger partial charge in [0.2, 0.25) is 5.69 Å². The molecule has 11 heteroatoms. The molecular formula is C20H21N7O4. The Morgan fingerprint density at radius 1 is 1.16 bits per heavy atom. The Kier molecular flexibility index (Phi) is 4.85. The van der Waals surface area contributed by atoms with E-state index < -0.39 is 10.8 Å². The summed E-state index contributed by atoms with van der Waals surface area (Å²) in [7, 11) is 0. The molecule has 31 heavy (non-hydrogen) atoms. The van der Waals surface area contributed by atoms with Crippen molar-refractivity contribution >= 4 is 11.6 Å². The van der Waals surface area contributed by atoms with Gasteiger partial charge in [0.05, 0.1) is 6.54 Å². The molecule has 1 fully saturated rings. The summed E-state index contributed by atoms with van der Waals surface area (Å²) < 4.78 is 3.19. The molecule has 1 amide bonds. The number of hydrogen-bond acceptors (Lipinski definition) is 7. The molecule has 0 saturated carbocycles. The number of tetrazole rings is 1. The van der Waals surface area contributed by atoms with E-state index in [1.165, 1.54) is 12.4 Å². The fraction of sp³-hybridized carbons (Fsp3) is 0.350. The third kappa shape index (κ3) is 3.63. The zero-order valence-corrected chi connectivity index (χ0v) is 16.6. The number of fused-ring (bicyclic) bond motifs is 4. The first kappa shape index (κ1) is 19.5. The van der Waals surface area contributed by atoms with Crippen LogP contribution < -0.4 is 10.8 Å². The van der Waals surface area contributed by atoms with E-state index in [2.05, 4.69) is 15.5 Å². The van der Waals surface area contributed by atoms with Gasteiger partial charge in [0.1, 0.15) is 6.33 Å². The number of aromatic nitrogens is 5. The Morgan fingerprint density at radius 2 is 1.97 bits per heavy atom.